The van der Waals surface area contributed by atoms with E-state index in [0.29, 0.717) is 5.69 Å². The predicted octanol–water partition coefficient (Wildman–Crippen LogP) is 1.78. The van der Waals surface area contributed by atoms with E-state index >= 15 is 0 Å². The van der Waals surface area contributed by atoms with Crippen LogP contribution < -0.4 is 0 Å². The van der Waals surface area contributed by atoms with E-state index in [1.807, 2.05) is 13.8 Å². The third kappa shape index (κ3) is 2.15. The van der Waals surface area contributed by atoms with Crippen molar-refractivity contribution in [2.24, 2.45) is 0 Å². The van der Waals surface area contributed by atoms with Gasteiger partial charge in [-0.2, -0.15) is 17.0 Å². The monoisotopic (exact) mass is 172 g/mol. The van der Waals surface area contributed by atoms with E-state index in [2.05, 4.69) is 22.6 Å². The predicted molar refractivity (Wildman–Crippen MR) is 44.0 cm³/mol. The molecule has 0 unspecified atom stereocenters. The first-order chi connectivity index (χ1) is 5.00. The van der Waals surface area contributed by atoms with Gasteiger partial charge in [-0.25, -0.2) is 9.97 Å². The highest BCUT2D eigenvalue weighted by Gasteiger charge is 2.16. The second-order valence-electron chi connectivity index (χ2n) is 2.78. The van der Waals surface area contributed by atoms with Crippen LogP contribution in [-0.4, -0.2) is 9.97 Å². The van der Waals surface area contributed by atoms with Gasteiger partial charge in [-0.3, -0.25) is 0 Å². The van der Waals surface area contributed by atoms with Crippen LogP contribution in [0.3, 0.4) is 0 Å². The summed E-state index contributed by atoms with van der Waals surface area (Å²) in [6.07, 6.45) is 1.20. The van der Waals surface area contributed by atoms with Crippen molar-refractivity contribution in [3.8, 4) is 0 Å². The number of hydrogen-bond acceptors (Lipinski definition) is 3. The molecule has 0 saturated heterocycles. The van der Waals surface area contributed by atoms with Crippen LogP contribution >= 0.6 is 12.6 Å². The SMILES string of the molecule is CC(C)(S)c1cc(F)ncn1. The maximum Gasteiger partial charge on any atom is 0.216 e. The van der Waals surface area contributed by atoms with E-state index in [-0.39, 0.29) is 0 Å². The summed E-state index contributed by atoms with van der Waals surface area (Å²) in [5, 5.41) is 0. The Hall–Kier alpha value is -0.640. The molecule has 0 bridgehead atoms. The Morgan fingerprint density at radius 1 is 1.45 bits per heavy atom. The highest BCUT2D eigenvalue weighted by atomic mass is 32.1. The molecule has 1 aromatic heterocycles. The van der Waals surface area contributed by atoms with Crippen LogP contribution in [-0.2, 0) is 4.75 Å². The molecule has 0 fully saturated rings. The fraction of sp³-hybridized carbons (Fsp3) is 0.429. The van der Waals surface area contributed by atoms with Gasteiger partial charge in [0.15, 0.2) is 0 Å². The summed E-state index contributed by atoms with van der Waals surface area (Å²) in [5.41, 5.74) is 0.591. The summed E-state index contributed by atoms with van der Waals surface area (Å²) >= 11 is 4.23. The van der Waals surface area contributed by atoms with Crippen molar-refractivity contribution in [1.29, 1.82) is 0 Å². The quantitative estimate of drug-likeness (QED) is 0.516. The Labute approximate surface area is 70.3 Å². The minimum Gasteiger partial charge on any atom is -0.240 e. The first-order valence-electron chi connectivity index (χ1n) is 3.20. The molecule has 1 rings (SSSR count). The summed E-state index contributed by atoms with van der Waals surface area (Å²) in [7, 11) is 0. The Kier molecular flexibility index (Phi) is 2.13. The molecule has 0 aromatic carbocycles. The van der Waals surface area contributed by atoms with E-state index < -0.39 is 10.7 Å². The zero-order valence-electron chi connectivity index (χ0n) is 6.37. The molecule has 0 spiro atoms. The number of nitrogens with zero attached hydrogens (tertiary/aromatic N) is 2. The van der Waals surface area contributed by atoms with Crippen molar-refractivity contribution in [2.75, 3.05) is 0 Å². The molecule has 0 amide bonds. The number of aromatic nitrogens is 2. The lowest BCUT2D eigenvalue weighted by atomic mass is 10.1. The Morgan fingerprint density at radius 2 is 2.09 bits per heavy atom. The number of rotatable bonds is 1. The Balaban J connectivity index is 3.06. The van der Waals surface area contributed by atoms with Gasteiger partial charge in [0.1, 0.15) is 6.33 Å². The van der Waals surface area contributed by atoms with Crippen LogP contribution in [0.4, 0.5) is 4.39 Å². The van der Waals surface area contributed by atoms with Gasteiger partial charge in [-0.05, 0) is 13.8 Å². The van der Waals surface area contributed by atoms with E-state index in [9.17, 15) is 4.39 Å². The van der Waals surface area contributed by atoms with Crippen molar-refractivity contribution in [1.82, 2.24) is 9.97 Å². The number of thiol groups is 1. The van der Waals surface area contributed by atoms with Crippen molar-refractivity contribution in [2.45, 2.75) is 18.6 Å². The van der Waals surface area contributed by atoms with Crippen LogP contribution in [0, 0.1) is 5.95 Å². The van der Waals surface area contributed by atoms with Gasteiger partial charge in [-0.1, -0.05) is 0 Å². The van der Waals surface area contributed by atoms with E-state index in [0.717, 1.165) is 0 Å². The second-order valence-corrected chi connectivity index (χ2v) is 3.90. The lowest BCUT2D eigenvalue weighted by molar-refractivity contribution is 0.569. The molecule has 1 aromatic rings. The van der Waals surface area contributed by atoms with E-state index in [1.54, 1.807) is 0 Å². The first kappa shape index (κ1) is 8.46. The van der Waals surface area contributed by atoms with Crippen molar-refractivity contribution in [3.05, 3.63) is 24.0 Å². The van der Waals surface area contributed by atoms with Crippen molar-refractivity contribution in [3.63, 3.8) is 0 Å². The molecule has 0 aliphatic heterocycles. The molecule has 0 N–H and O–H groups in total. The minimum absolute atomic E-state index is 0.413. The molecule has 0 atom stereocenters. The Bertz CT molecular complexity index is 257. The van der Waals surface area contributed by atoms with Crippen LogP contribution in [0.25, 0.3) is 0 Å². The van der Waals surface area contributed by atoms with Crippen LogP contribution in [0.2, 0.25) is 0 Å². The fourth-order valence-corrected chi connectivity index (χ4v) is 0.790. The van der Waals surface area contributed by atoms with E-state index in [1.165, 1.54) is 12.4 Å². The molecule has 4 heteroatoms. The molecular formula is C7H9FN2S. The smallest absolute Gasteiger partial charge is 0.216 e. The largest absolute Gasteiger partial charge is 0.240 e. The fourth-order valence-electron chi connectivity index (χ4n) is 0.668. The maximum absolute atomic E-state index is 12.5. The van der Waals surface area contributed by atoms with Gasteiger partial charge in [0.25, 0.3) is 0 Å². The average molecular weight is 172 g/mol. The van der Waals surface area contributed by atoms with Crippen molar-refractivity contribution >= 4 is 12.6 Å². The van der Waals surface area contributed by atoms with Crippen molar-refractivity contribution < 1.29 is 4.39 Å². The summed E-state index contributed by atoms with van der Waals surface area (Å²) in [6.45, 7) is 3.69. The summed E-state index contributed by atoms with van der Waals surface area (Å²) in [4.78, 5) is 7.22. The normalized spacial score (nSPS) is 11.6. The summed E-state index contributed by atoms with van der Waals surface area (Å²) < 4.78 is 12.1. The third-order valence-electron chi connectivity index (χ3n) is 1.26. The van der Waals surface area contributed by atoms with E-state index in [4.69, 9.17) is 0 Å². The lowest BCUT2D eigenvalue weighted by Crippen LogP contribution is -2.10. The molecule has 60 valence electrons. The van der Waals surface area contributed by atoms with Crippen LogP contribution in [0.1, 0.15) is 19.5 Å². The van der Waals surface area contributed by atoms with Crippen LogP contribution in [0.5, 0.6) is 0 Å². The first-order valence-corrected chi connectivity index (χ1v) is 3.65. The number of halogens is 1. The van der Waals surface area contributed by atoms with Gasteiger partial charge in [0, 0.05) is 10.8 Å². The highest BCUT2D eigenvalue weighted by Crippen LogP contribution is 2.24. The van der Waals surface area contributed by atoms with Gasteiger partial charge in [-0.15, -0.1) is 0 Å². The standard InChI is InChI=1S/C7H9FN2S/c1-7(2,11)5-3-6(8)10-4-9-5/h3-4,11H,1-2H3. The molecule has 0 aliphatic carbocycles. The summed E-state index contributed by atoms with van der Waals surface area (Å²) in [5.74, 6) is -0.517. The average Bonchev–Trinajstić information content (AvgIpc) is 1.86. The zero-order chi connectivity index (χ0) is 8.48. The van der Waals surface area contributed by atoms with Crippen LogP contribution in [0.15, 0.2) is 12.4 Å². The van der Waals surface area contributed by atoms with Gasteiger partial charge >= 0.3 is 0 Å². The molecule has 0 radical (unpaired) electrons. The molecule has 0 aliphatic rings. The lowest BCUT2D eigenvalue weighted by Gasteiger charge is -2.15. The Morgan fingerprint density at radius 3 is 2.45 bits per heavy atom. The second kappa shape index (κ2) is 2.77. The van der Waals surface area contributed by atoms with Gasteiger partial charge < -0.3 is 0 Å². The van der Waals surface area contributed by atoms with Gasteiger partial charge in [0.2, 0.25) is 5.95 Å². The zero-order valence-corrected chi connectivity index (χ0v) is 7.27. The molecular weight excluding hydrogens is 163 g/mol. The molecule has 1 heterocycles. The molecule has 2 nitrogen and oxygen atoms in total. The number of hydrogen-bond donors (Lipinski definition) is 1. The maximum atomic E-state index is 12.5. The molecule has 0 saturated carbocycles. The third-order valence-corrected chi connectivity index (χ3v) is 1.49. The van der Waals surface area contributed by atoms with Gasteiger partial charge in [0.05, 0.1) is 5.69 Å². The molecule has 11 heavy (non-hydrogen) atoms. The summed E-state index contributed by atoms with van der Waals surface area (Å²) in [6, 6.07) is 1.28. The minimum atomic E-state index is -0.517. The topological polar surface area (TPSA) is 25.8 Å². The highest BCUT2D eigenvalue weighted by molar-refractivity contribution is 7.81.